The third-order valence-electron chi connectivity index (χ3n) is 4.43. The van der Waals surface area contributed by atoms with Crippen LogP contribution in [0.25, 0.3) is 0 Å². The number of nitrogens with zero attached hydrogens (tertiary/aromatic N) is 1. The van der Waals surface area contributed by atoms with Gasteiger partial charge in [0.2, 0.25) is 0 Å². The molecule has 1 aliphatic heterocycles. The number of hydrogen-bond acceptors (Lipinski definition) is 3. The van der Waals surface area contributed by atoms with Gasteiger partial charge in [0, 0.05) is 36.2 Å². The number of thioether (sulfide) groups is 1. The van der Waals surface area contributed by atoms with Crippen molar-refractivity contribution in [2.45, 2.75) is 51.6 Å². The highest BCUT2D eigenvalue weighted by atomic mass is 32.2. The summed E-state index contributed by atoms with van der Waals surface area (Å²) in [6.45, 7) is 9.24. The zero-order valence-electron chi connectivity index (χ0n) is 11.0. The van der Waals surface area contributed by atoms with Crippen molar-refractivity contribution < 1.29 is 0 Å². The molecule has 1 saturated carbocycles. The van der Waals surface area contributed by atoms with E-state index in [9.17, 15) is 0 Å². The van der Waals surface area contributed by atoms with Crippen LogP contribution in [0.15, 0.2) is 0 Å². The standard InChI is InChI=1S/C13H26N2S/c1-11-8-16-7-6-15(11)13(10-14)5-4-12(2,3)9-13/h11H,4-10,14H2,1-3H3. The van der Waals surface area contributed by atoms with E-state index in [1.165, 1.54) is 37.3 Å². The predicted molar refractivity (Wildman–Crippen MR) is 72.9 cm³/mol. The van der Waals surface area contributed by atoms with Crippen LogP contribution in [0, 0.1) is 5.41 Å². The lowest BCUT2D eigenvalue weighted by atomic mass is 9.86. The summed E-state index contributed by atoms with van der Waals surface area (Å²) in [7, 11) is 0. The smallest absolute Gasteiger partial charge is 0.0340 e. The first kappa shape index (κ1) is 12.7. The molecule has 0 aromatic heterocycles. The summed E-state index contributed by atoms with van der Waals surface area (Å²) in [6, 6.07) is 0.705. The Morgan fingerprint density at radius 2 is 2.12 bits per heavy atom. The van der Waals surface area contributed by atoms with E-state index < -0.39 is 0 Å². The van der Waals surface area contributed by atoms with Crippen LogP contribution in [-0.4, -0.2) is 41.1 Å². The van der Waals surface area contributed by atoms with E-state index in [2.05, 4.69) is 37.4 Å². The lowest BCUT2D eigenvalue weighted by Gasteiger charge is -2.47. The monoisotopic (exact) mass is 242 g/mol. The normalized spacial score (nSPS) is 40.1. The molecule has 2 fully saturated rings. The summed E-state index contributed by atoms with van der Waals surface area (Å²) in [5.74, 6) is 2.56. The van der Waals surface area contributed by atoms with Gasteiger partial charge in [-0.05, 0) is 31.6 Å². The van der Waals surface area contributed by atoms with Gasteiger partial charge >= 0.3 is 0 Å². The first-order valence-electron chi connectivity index (χ1n) is 6.54. The number of rotatable bonds is 2. The van der Waals surface area contributed by atoms with Crippen LogP contribution < -0.4 is 5.73 Å². The average Bonchev–Trinajstić information content (AvgIpc) is 2.56. The Morgan fingerprint density at radius 1 is 1.38 bits per heavy atom. The van der Waals surface area contributed by atoms with E-state index in [4.69, 9.17) is 5.73 Å². The number of nitrogens with two attached hydrogens (primary N) is 1. The van der Waals surface area contributed by atoms with Crippen molar-refractivity contribution in [3.8, 4) is 0 Å². The molecule has 2 aliphatic rings. The zero-order valence-corrected chi connectivity index (χ0v) is 11.8. The van der Waals surface area contributed by atoms with Crippen LogP contribution in [0.2, 0.25) is 0 Å². The largest absolute Gasteiger partial charge is 0.329 e. The Balaban J connectivity index is 2.15. The second-order valence-corrected chi connectivity index (χ2v) is 7.54. The topological polar surface area (TPSA) is 29.3 Å². The molecule has 0 aromatic carbocycles. The van der Waals surface area contributed by atoms with Crippen LogP contribution in [0.5, 0.6) is 0 Å². The molecule has 0 amide bonds. The van der Waals surface area contributed by atoms with Crippen LogP contribution in [0.4, 0.5) is 0 Å². The van der Waals surface area contributed by atoms with Crippen LogP contribution >= 0.6 is 11.8 Å². The molecule has 3 heteroatoms. The first-order chi connectivity index (χ1) is 7.49. The zero-order chi connectivity index (χ0) is 11.8. The Labute approximate surface area is 104 Å². The molecule has 1 saturated heterocycles. The fourth-order valence-corrected chi connectivity index (χ4v) is 4.62. The molecule has 0 aromatic rings. The summed E-state index contributed by atoms with van der Waals surface area (Å²) in [5, 5.41) is 0. The molecular formula is C13H26N2S. The lowest BCUT2D eigenvalue weighted by molar-refractivity contribution is 0.0631. The van der Waals surface area contributed by atoms with Crippen molar-refractivity contribution in [3.63, 3.8) is 0 Å². The van der Waals surface area contributed by atoms with Gasteiger partial charge in [0.1, 0.15) is 0 Å². The summed E-state index contributed by atoms with van der Waals surface area (Å²) in [6.07, 6.45) is 3.91. The molecule has 16 heavy (non-hydrogen) atoms. The third kappa shape index (κ3) is 2.27. The summed E-state index contributed by atoms with van der Waals surface area (Å²) in [4.78, 5) is 2.72. The first-order valence-corrected chi connectivity index (χ1v) is 7.69. The van der Waals surface area contributed by atoms with E-state index in [0.29, 0.717) is 17.0 Å². The molecule has 2 N–H and O–H groups in total. The van der Waals surface area contributed by atoms with E-state index in [1.54, 1.807) is 0 Å². The Kier molecular flexibility index (Phi) is 3.58. The van der Waals surface area contributed by atoms with Gasteiger partial charge in [-0.15, -0.1) is 0 Å². The van der Waals surface area contributed by atoms with Gasteiger partial charge in [0.05, 0.1) is 0 Å². The van der Waals surface area contributed by atoms with Gasteiger partial charge in [0.15, 0.2) is 0 Å². The van der Waals surface area contributed by atoms with Gasteiger partial charge < -0.3 is 5.73 Å². The highest BCUT2D eigenvalue weighted by Crippen LogP contribution is 2.47. The molecule has 0 bridgehead atoms. The van der Waals surface area contributed by atoms with Crippen molar-refractivity contribution in [2.75, 3.05) is 24.6 Å². The summed E-state index contributed by atoms with van der Waals surface area (Å²) >= 11 is 2.09. The van der Waals surface area contributed by atoms with E-state index in [-0.39, 0.29) is 0 Å². The average molecular weight is 242 g/mol. The maximum Gasteiger partial charge on any atom is 0.0340 e. The lowest BCUT2D eigenvalue weighted by Crippen LogP contribution is -2.58. The molecule has 0 spiro atoms. The minimum absolute atomic E-state index is 0.309. The van der Waals surface area contributed by atoms with Crippen molar-refractivity contribution in [2.24, 2.45) is 11.1 Å². The molecule has 1 aliphatic carbocycles. The minimum atomic E-state index is 0.309. The Bertz CT molecular complexity index is 254. The third-order valence-corrected chi connectivity index (χ3v) is 5.62. The second kappa shape index (κ2) is 4.51. The highest BCUT2D eigenvalue weighted by molar-refractivity contribution is 7.99. The Morgan fingerprint density at radius 3 is 2.62 bits per heavy atom. The number of hydrogen-bond donors (Lipinski definition) is 1. The van der Waals surface area contributed by atoms with E-state index in [1.807, 2.05) is 0 Å². The van der Waals surface area contributed by atoms with Gasteiger partial charge in [-0.25, -0.2) is 0 Å². The maximum atomic E-state index is 6.13. The predicted octanol–water partition coefficient (Wildman–Crippen LogP) is 2.33. The van der Waals surface area contributed by atoms with Crippen LogP contribution in [-0.2, 0) is 0 Å². The van der Waals surface area contributed by atoms with Crippen LogP contribution in [0.1, 0.15) is 40.0 Å². The van der Waals surface area contributed by atoms with Crippen molar-refractivity contribution in [3.05, 3.63) is 0 Å². The Hall–Kier alpha value is 0.270. The van der Waals surface area contributed by atoms with Crippen molar-refractivity contribution in [1.29, 1.82) is 0 Å². The fourth-order valence-electron chi connectivity index (χ4n) is 3.61. The second-order valence-electron chi connectivity index (χ2n) is 6.39. The summed E-state index contributed by atoms with van der Waals surface area (Å²) < 4.78 is 0. The van der Waals surface area contributed by atoms with E-state index >= 15 is 0 Å². The van der Waals surface area contributed by atoms with Crippen molar-refractivity contribution in [1.82, 2.24) is 4.90 Å². The molecule has 0 radical (unpaired) electrons. The molecular weight excluding hydrogens is 216 g/mol. The summed E-state index contributed by atoms with van der Waals surface area (Å²) in [5.41, 5.74) is 6.93. The molecule has 2 rings (SSSR count). The van der Waals surface area contributed by atoms with E-state index in [0.717, 1.165) is 6.54 Å². The van der Waals surface area contributed by atoms with Crippen molar-refractivity contribution >= 4 is 11.8 Å². The molecule has 2 unspecified atom stereocenters. The maximum absolute atomic E-state index is 6.13. The molecule has 1 heterocycles. The highest BCUT2D eigenvalue weighted by Gasteiger charge is 2.47. The quantitative estimate of drug-likeness (QED) is 0.806. The minimum Gasteiger partial charge on any atom is -0.329 e. The van der Waals surface area contributed by atoms with Gasteiger partial charge in [-0.1, -0.05) is 13.8 Å². The van der Waals surface area contributed by atoms with Gasteiger partial charge in [-0.2, -0.15) is 11.8 Å². The molecule has 2 nitrogen and oxygen atoms in total. The fraction of sp³-hybridized carbons (Fsp3) is 1.00. The van der Waals surface area contributed by atoms with Gasteiger partial charge in [0.25, 0.3) is 0 Å². The van der Waals surface area contributed by atoms with Gasteiger partial charge in [-0.3, -0.25) is 4.90 Å². The molecule has 2 atom stereocenters. The van der Waals surface area contributed by atoms with Crippen LogP contribution in [0.3, 0.4) is 0 Å². The SMILES string of the molecule is CC1CSCCN1C1(CN)CCC(C)(C)C1. The molecule has 94 valence electrons.